The topological polar surface area (TPSA) is 67.2 Å². The summed E-state index contributed by atoms with van der Waals surface area (Å²) in [5.41, 5.74) is -0.00314. The van der Waals surface area contributed by atoms with Crippen LogP contribution in [0.3, 0.4) is 0 Å². The summed E-state index contributed by atoms with van der Waals surface area (Å²) in [6, 6.07) is 4.23. The van der Waals surface area contributed by atoms with Gasteiger partial charge in [0.1, 0.15) is 0 Å². The van der Waals surface area contributed by atoms with E-state index in [0.29, 0.717) is 6.04 Å². The molecule has 2 fully saturated rings. The van der Waals surface area contributed by atoms with Gasteiger partial charge in [0.2, 0.25) is 0 Å². The smallest absolute Gasteiger partial charge is 0.266 e. The Bertz CT molecular complexity index is 508. The SMILES string of the molecule is O=c1cccnn1C1CCC(NC2CCCCC2O)CC1. The van der Waals surface area contributed by atoms with E-state index in [4.69, 9.17) is 0 Å². The summed E-state index contributed by atoms with van der Waals surface area (Å²) in [5, 5.41) is 17.9. The summed E-state index contributed by atoms with van der Waals surface area (Å²) in [6.07, 6.45) is 9.95. The van der Waals surface area contributed by atoms with Crippen LogP contribution in [0.4, 0.5) is 0 Å². The van der Waals surface area contributed by atoms with Crippen LogP contribution in [0.1, 0.15) is 57.4 Å². The van der Waals surface area contributed by atoms with E-state index >= 15 is 0 Å². The molecular weight excluding hydrogens is 266 g/mol. The summed E-state index contributed by atoms with van der Waals surface area (Å²) < 4.78 is 1.63. The van der Waals surface area contributed by atoms with E-state index in [2.05, 4.69) is 10.4 Å². The molecule has 1 heterocycles. The van der Waals surface area contributed by atoms with Gasteiger partial charge >= 0.3 is 0 Å². The highest BCUT2D eigenvalue weighted by Gasteiger charge is 2.28. The van der Waals surface area contributed by atoms with Crippen molar-refractivity contribution in [3.05, 3.63) is 28.7 Å². The minimum absolute atomic E-state index is 0.00314. The molecule has 0 radical (unpaired) electrons. The van der Waals surface area contributed by atoms with Gasteiger partial charge in [-0.1, -0.05) is 12.8 Å². The van der Waals surface area contributed by atoms with Crippen LogP contribution in [0, 0.1) is 0 Å². The van der Waals surface area contributed by atoms with E-state index in [1.165, 1.54) is 6.42 Å². The molecule has 0 aromatic carbocycles. The first kappa shape index (κ1) is 14.7. The van der Waals surface area contributed by atoms with Gasteiger partial charge in [0.25, 0.3) is 5.56 Å². The lowest BCUT2D eigenvalue weighted by atomic mass is 9.87. The third kappa shape index (κ3) is 3.52. The largest absolute Gasteiger partial charge is 0.392 e. The zero-order chi connectivity index (χ0) is 14.7. The molecular formula is C16H25N3O2. The molecule has 2 saturated carbocycles. The first-order chi connectivity index (χ1) is 10.2. The van der Waals surface area contributed by atoms with Crippen molar-refractivity contribution < 1.29 is 5.11 Å². The Labute approximate surface area is 125 Å². The van der Waals surface area contributed by atoms with E-state index in [-0.39, 0.29) is 23.7 Å². The van der Waals surface area contributed by atoms with Crippen molar-refractivity contribution in [3.8, 4) is 0 Å². The first-order valence-electron chi connectivity index (χ1n) is 8.22. The number of aromatic nitrogens is 2. The van der Waals surface area contributed by atoms with E-state index in [1.54, 1.807) is 23.0 Å². The van der Waals surface area contributed by atoms with Crippen molar-refractivity contribution in [1.82, 2.24) is 15.1 Å². The second-order valence-corrected chi connectivity index (χ2v) is 6.44. The molecule has 2 N–H and O–H groups in total. The van der Waals surface area contributed by atoms with Crippen molar-refractivity contribution in [1.29, 1.82) is 0 Å². The van der Waals surface area contributed by atoms with Gasteiger partial charge < -0.3 is 10.4 Å². The van der Waals surface area contributed by atoms with Crippen LogP contribution < -0.4 is 10.9 Å². The zero-order valence-electron chi connectivity index (χ0n) is 12.4. The van der Waals surface area contributed by atoms with Crippen molar-refractivity contribution in [2.45, 2.75) is 75.6 Å². The van der Waals surface area contributed by atoms with E-state index in [1.807, 2.05) is 0 Å². The number of nitrogens with one attached hydrogen (secondary N) is 1. The molecule has 3 rings (SSSR count). The molecule has 0 bridgehead atoms. The van der Waals surface area contributed by atoms with Gasteiger partial charge in [-0.25, -0.2) is 4.68 Å². The second kappa shape index (κ2) is 6.71. The van der Waals surface area contributed by atoms with Crippen LogP contribution in [0.15, 0.2) is 23.1 Å². The Morgan fingerprint density at radius 1 is 1.14 bits per heavy atom. The molecule has 1 aromatic heterocycles. The van der Waals surface area contributed by atoms with Gasteiger partial charge in [0, 0.05) is 24.3 Å². The summed E-state index contributed by atoms with van der Waals surface area (Å²) in [7, 11) is 0. The normalized spacial score (nSPS) is 33.8. The number of rotatable bonds is 3. The van der Waals surface area contributed by atoms with E-state index in [9.17, 15) is 9.90 Å². The first-order valence-corrected chi connectivity index (χ1v) is 8.22. The van der Waals surface area contributed by atoms with Gasteiger partial charge in [-0.3, -0.25) is 4.79 Å². The molecule has 0 amide bonds. The molecule has 1 aromatic rings. The fraction of sp³-hybridized carbons (Fsp3) is 0.750. The third-order valence-electron chi connectivity index (χ3n) is 4.96. The predicted octanol–water partition coefficient (Wildman–Crippen LogP) is 1.62. The summed E-state index contributed by atoms with van der Waals surface area (Å²) in [4.78, 5) is 11.8. The second-order valence-electron chi connectivity index (χ2n) is 6.44. The molecule has 0 saturated heterocycles. The summed E-state index contributed by atoms with van der Waals surface area (Å²) in [6.45, 7) is 0. The predicted molar refractivity (Wildman–Crippen MR) is 81.2 cm³/mol. The highest BCUT2D eigenvalue weighted by Crippen LogP contribution is 2.28. The average molecular weight is 291 g/mol. The van der Waals surface area contributed by atoms with Crippen LogP contribution in [-0.4, -0.2) is 33.1 Å². The molecule has 21 heavy (non-hydrogen) atoms. The Kier molecular flexibility index (Phi) is 4.70. The maximum atomic E-state index is 11.8. The lowest BCUT2D eigenvalue weighted by molar-refractivity contribution is 0.0795. The number of aliphatic hydroxyl groups excluding tert-OH is 1. The number of hydrogen-bond donors (Lipinski definition) is 2. The molecule has 2 unspecified atom stereocenters. The van der Waals surface area contributed by atoms with Gasteiger partial charge in [-0.2, -0.15) is 5.10 Å². The van der Waals surface area contributed by atoms with Crippen LogP contribution in [0.5, 0.6) is 0 Å². The highest BCUT2D eigenvalue weighted by molar-refractivity contribution is 4.90. The molecule has 2 aliphatic carbocycles. The highest BCUT2D eigenvalue weighted by atomic mass is 16.3. The summed E-state index contributed by atoms with van der Waals surface area (Å²) >= 11 is 0. The fourth-order valence-electron chi connectivity index (χ4n) is 3.74. The van der Waals surface area contributed by atoms with Crippen LogP contribution in [-0.2, 0) is 0 Å². The Morgan fingerprint density at radius 2 is 1.90 bits per heavy atom. The summed E-state index contributed by atoms with van der Waals surface area (Å²) in [5.74, 6) is 0. The van der Waals surface area contributed by atoms with Crippen molar-refractivity contribution in [2.24, 2.45) is 0 Å². The third-order valence-corrected chi connectivity index (χ3v) is 4.96. The van der Waals surface area contributed by atoms with Crippen molar-refractivity contribution in [2.75, 3.05) is 0 Å². The minimum Gasteiger partial charge on any atom is -0.392 e. The minimum atomic E-state index is -0.185. The van der Waals surface area contributed by atoms with Crippen LogP contribution in [0.2, 0.25) is 0 Å². The Hall–Kier alpha value is -1.20. The van der Waals surface area contributed by atoms with E-state index < -0.39 is 0 Å². The van der Waals surface area contributed by atoms with Crippen LogP contribution >= 0.6 is 0 Å². The van der Waals surface area contributed by atoms with Crippen LogP contribution in [0.25, 0.3) is 0 Å². The van der Waals surface area contributed by atoms with Gasteiger partial charge in [0.05, 0.1) is 12.1 Å². The molecule has 2 aliphatic rings. The molecule has 0 aliphatic heterocycles. The molecule has 2 atom stereocenters. The van der Waals surface area contributed by atoms with E-state index in [0.717, 1.165) is 44.9 Å². The molecule has 116 valence electrons. The monoisotopic (exact) mass is 291 g/mol. The quantitative estimate of drug-likeness (QED) is 0.888. The number of hydrogen-bond acceptors (Lipinski definition) is 4. The standard InChI is InChI=1S/C16H25N3O2/c20-15-5-2-1-4-14(15)18-12-7-9-13(10-8-12)19-16(21)6-3-11-17-19/h3,6,11-15,18,20H,1-2,4-5,7-10H2. The zero-order valence-corrected chi connectivity index (χ0v) is 12.4. The Balaban J connectivity index is 1.53. The number of nitrogens with zero attached hydrogens (tertiary/aromatic N) is 2. The van der Waals surface area contributed by atoms with Gasteiger partial charge in [-0.05, 0) is 44.6 Å². The maximum Gasteiger partial charge on any atom is 0.266 e. The maximum absolute atomic E-state index is 11.8. The fourth-order valence-corrected chi connectivity index (χ4v) is 3.74. The lowest BCUT2D eigenvalue weighted by Crippen LogP contribution is -2.48. The molecule has 5 nitrogen and oxygen atoms in total. The Morgan fingerprint density at radius 3 is 2.62 bits per heavy atom. The average Bonchev–Trinajstić information content (AvgIpc) is 2.51. The van der Waals surface area contributed by atoms with Gasteiger partial charge in [0.15, 0.2) is 0 Å². The van der Waals surface area contributed by atoms with Gasteiger partial charge in [-0.15, -0.1) is 0 Å². The van der Waals surface area contributed by atoms with Crippen molar-refractivity contribution in [3.63, 3.8) is 0 Å². The molecule has 0 spiro atoms. The van der Waals surface area contributed by atoms with Crippen molar-refractivity contribution >= 4 is 0 Å². The molecule has 5 heteroatoms. The lowest BCUT2D eigenvalue weighted by Gasteiger charge is -2.35. The number of aliphatic hydroxyl groups is 1.